The summed E-state index contributed by atoms with van der Waals surface area (Å²) >= 11 is 11.1. The Kier molecular flexibility index (Phi) is 5.98. The lowest BCUT2D eigenvalue weighted by Gasteiger charge is -2.20. The van der Waals surface area contributed by atoms with Gasteiger partial charge in [0.05, 0.1) is 16.6 Å². The number of nitrogens with zero attached hydrogens (tertiary/aromatic N) is 2. The van der Waals surface area contributed by atoms with Gasteiger partial charge in [0.25, 0.3) is 11.6 Å². The average Bonchev–Trinajstić information content (AvgIpc) is 2.37. The summed E-state index contributed by atoms with van der Waals surface area (Å²) in [4.78, 5) is 23.1. The fraction of sp³-hybridized carbons (Fsp3) is 0.364. The van der Waals surface area contributed by atoms with E-state index in [1.165, 1.54) is 4.90 Å². The molecular weight excluding hydrogens is 298 g/mol. The van der Waals surface area contributed by atoms with E-state index in [2.05, 4.69) is 0 Å². The van der Waals surface area contributed by atoms with E-state index < -0.39 is 22.3 Å². The summed E-state index contributed by atoms with van der Waals surface area (Å²) in [6.07, 6.45) is 0. The van der Waals surface area contributed by atoms with Crippen molar-refractivity contribution >= 4 is 34.8 Å². The molecular formula is C11H11Cl2FN2O3. The maximum Gasteiger partial charge on any atom is 0.272 e. The summed E-state index contributed by atoms with van der Waals surface area (Å²) in [7, 11) is 0. The molecule has 0 spiro atoms. The van der Waals surface area contributed by atoms with Crippen LogP contribution in [0.25, 0.3) is 0 Å². The Morgan fingerprint density at radius 3 is 2.32 bits per heavy atom. The second kappa shape index (κ2) is 7.25. The Hall–Kier alpha value is -1.40. The van der Waals surface area contributed by atoms with Crippen molar-refractivity contribution in [2.45, 2.75) is 0 Å². The first-order valence-corrected chi connectivity index (χ1v) is 6.43. The second-order valence-electron chi connectivity index (χ2n) is 3.59. The first-order valence-electron chi connectivity index (χ1n) is 5.36. The molecule has 0 heterocycles. The molecule has 1 rings (SSSR count). The zero-order valence-electron chi connectivity index (χ0n) is 9.81. The Labute approximate surface area is 119 Å². The second-order valence-corrected chi connectivity index (χ2v) is 4.35. The molecule has 1 aromatic carbocycles. The largest absolute Gasteiger partial charge is 0.336 e. The molecule has 104 valence electrons. The van der Waals surface area contributed by atoms with Crippen LogP contribution >= 0.6 is 23.2 Å². The number of alkyl halides is 2. The van der Waals surface area contributed by atoms with Crippen LogP contribution in [0.4, 0.5) is 10.1 Å². The van der Waals surface area contributed by atoms with E-state index in [0.717, 1.165) is 12.1 Å². The van der Waals surface area contributed by atoms with E-state index in [1.807, 2.05) is 0 Å². The van der Waals surface area contributed by atoms with Crippen LogP contribution in [0, 0.1) is 15.9 Å². The third kappa shape index (κ3) is 4.04. The van der Waals surface area contributed by atoms with Gasteiger partial charge in [-0.25, -0.2) is 4.39 Å². The van der Waals surface area contributed by atoms with Crippen LogP contribution < -0.4 is 0 Å². The SMILES string of the molecule is O=C(c1ccc([N+](=O)[O-])cc1F)N(CCCl)CCCl. The van der Waals surface area contributed by atoms with Crippen molar-refractivity contribution < 1.29 is 14.1 Å². The molecule has 0 aliphatic rings. The number of hydrogen-bond acceptors (Lipinski definition) is 3. The third-order valence-corrected chi connectivity index (χ3v) is 2.73. The van der Waals surface area contributed by atoms with Crippen LogP contribution in [0.1, 0.15) is 10.4 Å². The van der Waals surface area contributed by atoms with Crippen LogP contribution in [0.3, 0.4) is 0 Å². The molecule has 0 unspecified atom stereocenters. The van der Waals surface area contributed by atoms with Crippen LogP contribution in [0.15, 0.2) is 18.2 Å². The number of amides is 1. The van der Waals surface area contributed by atoms with Crippen molar-refractivity contribution in [1.82, 2.24) is 4.90 Å². The van der Waals surface area contributed by atoms with Crippen LogP contribution in [0.5, 0.6) is 0 Å². The summed E-state index contributed by atoms with van der Waals surface area (Å²) in [5.74, 6) is -1.14. The van der Waals surface area contributed by atoms with Gasteiger partial charge >= 0.3 is 0 Å². The maximum atomic E-state index is 13.7. The van der Waals surface area contributed by atoms with Crippen molar-refractivity contribution in [3.05, 3.63) is 39.7 Å². The number of nitro groups is 1. The predicted molar refractivity (Wildman–Crippen MR) is 70.4 cm³/mol. The average molecular weight is 309 g/mol. The van der Waals surface area contributed by atoms with Gasteiger partial charge in [0, 0.05) is 30.9 Å². The van der Waals surface area contributed by atoms with Gasteiger partial charge in [0.15, 0.2) is 0 Å². The highest BCUT2D eigenvalue weighted by atomic mass is 35.5. The lowest BCUT2D eigenvalue weighted by molar-refractivity contribution is -0.385. The van der Waals surface area contributed by atoms with Gasteiger partial charge in [-0.3, -0.25) is 14.9 Å². The van der Waals surface area contributed by atoms with Crippen molar-refractivity contribution in [1.29, 1.82) is 0 Å². The molecule has 0 radical (unpaired) electrons. The highest BCUT2D eigenvalue weighted by Gasteiger charge is 2.20. The Bertz CT molecular complexity index is 479. The normalized spacial score (nSPS) is 10.3. The zero-order chi connectivity index (χ0) is 14.4. The molecule has 0 bridgehead atoms. The molecule has 5 nitrogen and oxygen atoms in total. The fourth-order valence-electron chi connectivity index (χ4n) is 1.48. The number of carbonyl (C=O) groups excluding carboxylic acids is 1. The van der Waals surface area contributed by atoms with Crippen LogP contribution in [-0.2, 0) is 0 Å². The molecule has 1 aromatic rings. The van der Waals surface area contributed by atoms with Crippen LogP contribution in [-0.4, -0.2) is 40.6 Å². The lowest BCUT2D eigenvalue weighted by Crippen LogP contribution is -2.35. The predicted octanol–water partition coefficient (Wildman–Crippen LogP) is 2.65. The molecule has 0 fully saturated rings. The van der Waals surface area contributed by atoms with Crippen molar-refractivity contribution in [2.24, 2.45) is 0 Å². The lowest BCUT2D eigenvalue weighted by atomic mass is 10.1. The summed E-state index contributed by atoms with van der Waals surface area (Å²) in [5, 5.41) is 10.5. The van der Waals surface area contributed by atoms with E-state index in [9.17, 15) is 19.3 Å². The number of non-ortho nitro benzene ring substituents is 1. The number of nitro benzene ring substituents is 1. The van der Waals surface area contributed by atoms with Crippen molar-refractivity contribution in [2.75, 3.05) is 24.8 Å². The molecule has 0 saturated carbocycles. The van der Waals surface area contributed by atoms with Gasteiger partial charge in [-0.15, -0.1) is 23.2 Å². The molecule has 0 saturated heterocycles. The topological polar surface area (TPSA) is 63.4 Å². The molecule has 0 N–H and O–H groups in total. The van der Waals surface area contributed by atoms with Gasteiger partial charge in [0.1, 0.15) is 5.82 Å². The van der Waals surface area contributed by atoms with Gasteiger partial charge < -0.3 is 4.90 Å². The number of rotatable bonds is 6. The highest BCUT2D eigenvalue weighted by molar-refractivity contribution is 6.18. The first-order chi connectivity index (χ1) is 9.01. The van der Waals surface area contributed by atoms with Crippen molar-refractivity contribution in [3.8, 4) is 0 Å². The van der Waals surface area contributed by atoms with E-state index in [4.69, 9.17) is 23.2 Å². The molecule has 1 amide bonds. The third-order valence-electron chi connectivity index (χ3n) is 2.39. The smallest absolute Gasteiger partial charge is 0.272 e. The molecule has 19 heavy (non-hydrogen) atoms. The van der Waals surface area contributed by atoms with E-state index in [-0.39, 0.29) is 30.4 Å². The van der Waals surface area contributed by atoms with E-state index in [1.54, 1.807) is 0 Å². The van der Waals surface area contributed by atoms with E-state index >= 15 is 0 Å². The first kappa shape index (κ1) is 15.7. The molecule has 0 aliphatic heterocycles. The summed E-state index contributed by atoms with van der Waals surface area (Å²) in [6.45, 7) is 0.451. The molecule has 0 aliphatic carbocycles. The Balaban J connectivity index is 3.01. The zero-order valence-corrected chi connectivity index (χ0v) is 11.3. The number of hydrogen-bond donors (Lipinski definition) is 0. The molecule has 0 atom stereocenters. The number of halogens is 3. The van der Waals surface area contributed by atoms with Gasteiger partial charge in [-0.05, 0) is 6.07 Å². The van der Waals surface area contributed by atoms with E-state index in [0.29, 0.717) is 6.07 Å². The standard InChI is InChI=1S/C11H11Cl2FN2O3/c12-3-5-15(6-4-13)11(17)9-2-1-8(16(18)19)7-10(9)14/h1-2,7H,3-6H2. The Morgan fingerprint density at radius 2 is 1.89 bits per heavy atom. The maximum absolute atomic E-state index is 13.7. The summed E-state index contributed by atoms with van der Waals surface area (Å²) in [5.41, 5.74) is -0.642. The highest BCUT2D eigenvalue weighted by Crippen LogP contribution is 2.18. The molecule has 8 heteroatoms. The Morgan fingerprint density at radius 1 is 1.32 bits per heavy atom. The van der Waals surface area contributed by atoms with Gasteiger partial charge in [-0.1, -0.05) is 0 Å². The van der Waals surface area contributed by atoms with Gasteiger partial charge in [-0.2, -0.15) is 0 Å². The fourth-order valence-corrected chi connectivity index (χ4v) is 1.89. The van der Waals surface area contributed by atoms with Gasteiger partial charge in [0.2, 0.25) is 0 Å². The van der Waals surface area contributed by atoms with Crippen LogP contribution in [0.2, 0.25) is 0 Å². The summed E-state index contributed by atoms with van der Waals surface area (Å²) in [6, 6.07) is 2.88. The summed E-state index contributed by atoms with van der Waals surface area (Å²) < 4.78 is 13.7. The number of benzene rings is 1. The number of carbonyl (C=O) groups is 1. The molecule has 0 aromatic heterocycles. The minimum Gasteiger partial charge on any atom is -0.336 e. The minimum atomic E-state index is -0.937. The monoisotopic (exact) mass is 308 g/mol. The quantitative estimate of drug-likeness (QED) is 0.461. The minimum absolute atomic E-state index is 0.192. The van der Waals surface area contributed by atoms with Crippen molar-refractivity contribution in [3.63, 3.8) is 0 Å².